The summed E-state index contributed by atoms with van der Waals surface area (Å²) in [6.45, 7) is 5.54. The Morgan fingerprint density at radius 2 is 2.40 bits per heavy atom. The molecule has 0 aliphatic rings. The van der Waals surface area contributed by atoms with Crippen LogP contribution >= 0.6 is 21.6 Å². The summed E-state index contributed by atoms with van der Waals surface area (Å²) in [5, 5.41) is 1.93. The van der Waals surface area contributed by atoms with Crippen molar-refractivity contribution in [3.63, 3.8) is 0 Å². The standard InChI is InChI=1S/C11H12N2S2/c1-3-8-12-10(4-2)14-15-11-7-5-6-9-13-11/h3-9H,1H2,2H3/b10-4+,12-8-. The van der Waals surface area contributed by atoms with Crippen molar-refractivity contribution in [2.45, 2.75) is 11.9 Å². The molecule has 0 saturated heterocycles. The van der Waals surface area contributed by atoms with E-state index in [0.717, 1.165) is 10.1 Å². The zero-order chi connectivity index (χ0) is 10.9. The predicted octanol–water partition coefficient (Wildman–Crippen LogP) is 3.94. The van der Waals surface area contributed by atoms with Gasteiger partial charge in [0.1, 0.15) is 10.1 Å². The molecule has 0 fully saturated rings. The molecule has 1 aromatic rings. The van der Waals surface area contributed by atoms with Crippen molar-refractivity contribution in [3.8, 4) is 0 Å². The highest BCUT2D eigenvalue weighted by Gasteiger charge is 1.97. The number of pyridine rings is 1. The lowest BCUT2D eigenvalue weighted by atomic mass is 10.5. The van der Waals surface area contributed by atoms with E-state index in [2.05, 4.69) is 16.6 Å². The number of allylic oxidation sites excluding steroid dienone is 2. The van der Waals surface area contributed by atoms with Crippen LogP contribution in [0, 0.1) is 0 Å². The maximum Gasteiger partial charge on any atom is 0.107 e. The SMILES string of the molecule is C=C/C=N\C(=C/C)SSc1ccccn1. The third-order valence-electron chi connectivity index (χ3n) is 1.40. The Bertz CT molecular complexity index is 358. The average molecular weight is 236 g/mol. The molecule has 4 heteroatoms. The fourth-order valence-corrected chi connectivity index (χ4v) is 2.59. The summed E-state index contributed by atoms with van der Waals surface area (Å²) < 4.78 is 0. The van der Waals surface area contributed by atoms with Crippen LogP contribution in [0.25, 0.3) is 0 Å². The van der Waals surface area contributed by atoms with E-state index in [9.17, 15) is 0 Å². The molecule has 1 rings (SSSR count). The first-order chi connectivity index (χ1) is 7.36. The lowest BCUT2D eigenvalue weighted by molar-refractivity contribution is 1.14. The van der Waals surface area contributed by atoms with E-state index >= 15 is 0 Å². The summed E-state index contributed by atoms with van der Waals surface area (Å²) in [5.74, 6) is 0. The molecule has 2 nitrogen and oxygen atoms in total. The molecule has 0 unspecified atom stereocenters. The van der Waals surface area contributed by atoms with Gasteiger partial charge in [0.2, 0.25) is 0 Å². The van der Waals surface area contributed by atoms with Gasteiger partial charge in [-0.1, -0.05) is 24.8 Å². The number of aliphatic imine (C=N–C) groups is 1. The Kier molecular flexibility index (Phi) is 5.88. The second kappa shape index (κ2) is 7.31. The van der Waals surface area contributed by atoms with E-state index in [0.29, 0.717) is 0 Å². The van der Waals surface area contributed by atoms with E-state index in [4.69, 9.17) is 0 Å². The van der Waals surface area contributed by atoms with Gasteiger partial charge in [-0.2, -0.15) is 0 Å². The van der Waals surface area contributed by atoms with Gasteiger partial charge >= 0.3 is 0 Å². The van der Waals surface area contributed by atoms with Crippen molar-refractivity contribution >= 4 is 27.8 Å². The Morgan fingerprint density at radius 3 is 3.00 bits per heavy atom. The van der Waals surface area contributed by atoms with Crippen LogP contribution in [-0.2, 0) is 0 Å². The van der Waals surface area contributed by atoms with E-state index in [1.165, 1.54) is 0 Å². The Balaban J connectivity index is 2.49. The molecule has 0 bridgehead atoms. The highest BCUT2D eigenvalue weighted by molar-refractivity contribution is 8.78. The van der Waals surface area contributed by atoms with Crippen molar-refractivity contribution in [3.05, 3.63) is 48.2 Å². The minimum Gasteiger partial charge on any atom is -0.249 e. The predicted molar refractivity (Wildman–Crippen MR) is 70.1 cm³/mol. The second-order valence-electron chi connectivity index (χ2n) is 2.48. The summed E-state index contributed by atoms with van der Waals surface area (Å²) in [4.78, 5) is 8.42. The Morgan fingerprint density at radius 1 is 1.53 bits per heavy atom. The van der Waals surface area contributed by atoms with Crippen LogP contribution in [0.3, 0.4) is 0 Å². The highest BCUT2D eigenvalue weighted by Crippen LogP contribution is 2.35. The third kappa shape index (κ3) is 4.85. The summed E-state index contributed by atoms with van der Waals surface area (Å²) >= 11 is 0. The molecule has 0 spiro atoms. The molecular formula is C11H12N2S2. The number of rotatable bonds is 5. The van der Waals surface area contributed by atoms with Crippen LogP contribution < -0.4 is 0 Å². The molecule has 1 heterocycles. The van der Waals surface area contributed by atoms with Crippen LogP contribution in [0.15, 0.2) is 58.2 Å². The highest BCUT2D eigenvalue weighted by atomic mass is 33.1. The first-order valence-electron chi connectivity index (χ1n) is 4.43. The molecule has 0 radical (unpaired) electrons. The Hall–Kier alpha value is -1.00. The molecule has 0 aromatic carbocycles. The molecule has 0 aliphatic heterocycles. The number of nitrogens with zero attached hydrogens (tertiary/aromatic N) is 2. The molecule has 78 valence electrons. The largest absolute Gasteiger partial charge is 0.249 e. The minimum absolute atomic E-state index is 0.950. The fourth-order valence-electron chi connectivity index (χ4n) is 0.752. The number of hydrogen-bond acceptors (Lipinski definition) is 4. The van der Waals surface area contributed by atoms with Crippen LogP contribution in [-0.4, -0.2) is 11.2 Å². The third-order valence-corrected chi connectivity index (χ3v) is 3.69. The van der Waals surface area contributed by atoms with Gasteiger partial charge in [0.15, 0.2) is 0 Å². The zero-order valence-electron chi connectivity index (χ0n) is 8.46. The van der Waals surface area contributed by atoms with Gasteiger partial charge in [-0.05, 0) is 40.6 Å². The van der Waals surface area contributed by atoms with Gasteiger partial charge in [0.05, 0.1) is 0 Å². The monoisotopic (exact) mass is 236 g/mol. The van der Waals surface area contributed by atoms with Gasteiger partial charge < -0.3 is 0 Å². The van der Waals surface area contributed by atoms with Crippen LogP contribution in [0.5, 0.6) is 0 Å². The van der Waals surface area contributed by atoms with E-state index < -0.39 is 0 Å². The quantitative estimate of drug-likeness (QED) is 0.572. The van der Waals surface area contributed by atoms with Crippen LogP contribution in [0.2, 0.25) is 0 Å². The van der Waals surface area contributed by atoms with E-state index in [1.807, 2.05) is 31.2 Å². The first-order valence-corrected chi connectivity index (χ1v) is 6.58. The topological polar surface area (TPSA) is 25.2 Å². The molecular weight excluding hydrogens is 224 g/mol. The van der Waals surface area contributed by atoms with Gasteiger partial charge in [-0.15, -0.1) is 0 Å². The van der Waals surface area contributed by atoms with Gasteiger partial charge in [0.25, 0.3) is 0 Å². The summed E-state index contributed by atoms with van der Waals surface area (Å²) in [7, 11) is 3.18. The molecule has 0 N–H and O–H groups in total. The summed E-state index contributed by atoms with van der Waals surface area (Å²) in [6.07, 6.45) is 7.09. The van der Waals surface area contributed by atoms with Gasteiger partial charge in [-0.25, -0.2) is 9.98 Å². The lowest BCUT2D eigenvalue weighted by Gasteiger charge is -1.99. The van der Waals surface area contributed by atoms with Crippen molar-refractivity contribution in [1.29, 1.82) is 0 Å². The average Bonchev–Trinajstić information content (AvgIpc) is 2.31. The fraction of sp³-hybridized carbons (Fsp3) is 0.0909. The van der Waals surface area contributed by atoms with Gasteiger partial charge in [0, 0.05) is 12.4 Å². The van der Waals surface area contributed by atoms with Crippen molar-refractivity contribution in [2.24, 2.45) is 4.99 Å². The molecule has 0 amide bonds. The normalized spacial score (nSPS) is 11.9. The number of hydrogen-bond donors (Lipinski definition) is 0. The van der Waals surface area contributed by atoms with Crippen molar-refractivity contribution in [2.75, 3.05) is 0 Å². The first kappa shape index (κ1) is 12.1. The van der Waals surface area contributed by atoms with E-state index in [-0.39, 0.29) is 0 Å². The minimum atomic E-state index is 0.950. The van der Waals surface area contributed by atoms with Crippen molar-refractivity contribution in [1.82, 2.24) is 4.98 Å². The maximum absolute atomic E-state index is 4.21. The molecule has 1 aromatic heterocycles. The molecule has 0 atom stereocenters. The lowest BCUT2D eigenvalue weighted by Crippen LogP contribution is -1.74. The molecule has 0 aliphatic carbocycles. The van der Waals surface area contributed by atoms with Crippen LogP contribution in [0.4, 0.5) is 0 Å². The molecule has 0 saturated carbocycles. The van der Waals surface area contributed by atoms with Crippen molar-refractivity contribution < 1.29 is 0 Å². The van der Waals surface area contributed by atoms with Gasteiger partial charge in [-0.3, -0.25) is 0 Å². The molecule has 15 heavy (non-hydrogen) atoms. The maximum atomic E-state index is 4.21. The Labute approximate surface area is 98.0 Å². The smallest absolute Gasteiger partial charge is 0.107 e. The zero-order valence-corrected chi connectivity index (χ0v) is 10.1. The number of aromatic nitrogens is 1. The van der Waals surface area contributed by atoms with Crippen LogP contribution in [0.1, 0.15) is 6.92 Å². The van der Waals surface area contributed by atoms with E-state index in [1.54, 1.807) is 40.1 Å². The second-order valence-corrected chi connectivity index (χ2v) is 4.65. The summed E-state index contributed by atoms with van der Waals surface area (Å²) in [6, 6.07) is 5.85. The summed E-state index contributed by atoms with van der Waals surface area (Å²) in [5.41, 5.74) is 0.